The molecule has 216 valence electrons. The van der Waals surface area contributed by atoms with Gasteiger partial charge in [0.05, 0.1) is 16.7 Å². The second-order valence-corrected chi connectivity index (χ2v) is 11.5. The Morgan fingerprint density at radius 1 is 0.778 bits per heavy atom. The molecule has 0 atom stereocenters. The maximum atomic E-state index is 6.63. The number of aryl methyl sites for hydroxylation is 2. The standard InChI is InChI=1S/C39H28N4O2/c1-42-35-16-8-7-15-33(35)41-39(42)29-14-9-17-37-31(29)22-38(45-37)43(27-12-3-2-4-13-27)28-18-19-36-30(21-28)32(24-44-36)34-20-25-10-5-6-11-26(25)23-40-34/h2-4,6-9,11-24H,5,10H2,1H3. The summed E-state index contributed by atoms with van der Waals surface area (Å²) < 4.78 is 14.8. The van der Waals surface area contributed by atoms with Crippen LogP contribution in [-0.2, 0) is 13.5 Å². The van der Waals surface area contributed by atoms with E-state index in [9.17, 15) is 0 Å². The van der Waals surface area contributed by atoms with Crippen molar-refractivity contribution in [3.8, 4) is 22.6 Å². The van der Waals surface area contributed by atoms with Gasteiger partial charge in [-0.3, -0.25) is 9.88 Å². The third kappa shape index (κ3) is 4.18. The van der Waals surface area contributed by atoms with Crippen molar-refractivity contribution in [2.45, 2.75) is 12.8 Å². The number of aromatic nitrogens is 3. The predicted octanol–water partition coefficient (Wildman–Crippen LogP) is 10.2. The Morgan fingerprint density at radius 2 is 1.64 bits per heavy atom. The van der Waals surface area contributed by atoms with E-state index in [0.717, 1.165) is 79.8 Å². The van der Waals surface area contributed by atoms with Crippen LogP contribution in [0.1, 0.15) is 17.5 Å². The summed E-state index contributed by atoms with van der Waals surface area (Å²) in [5, 5.41) is 2.01. The smallest absolute Gasteiger partial charge is 0.205 e. The van der Waals surface area contributed by atoms with Crippen molar-refractivity contribution in [2.24, 2.45) is 7.05 Å². The van der Waals surface area contributed by atoms with Crippen LogP contribution in [-0.4, -0.2) is 14.5 Å². The third-order valence-electron chi connectivity index (χ3n) is 8.80. The summed E-state index contributed by atoms with van der Waals surface area (Å²) >= 11 is 0. The minimum atomic E-state index is 0.713. The molecule has 0 saturated heterocycles. The number of hydrogen-bond donors (Lipinski definition) is 0. The molecule has 0 bridgehead atoms. The van der Waals surface area contributed by atoms with Gasteiger partial charge in [0, 0.05) is 52.6 Å². The Labute approximate surface area is 259 Å². The zero-order valence-corrected chi connectivity index (χ0v) is 24.6. The van der Waals surface area contributed by atoms with Crippen LogP contribution in [0.4, 0.5) is 17.3 Å². The highest BCUT2D eigenvalue weighted by Crippen LogP contribution is 2.42. The average molecular weight is 585 g/mol. The van der Waals surface area contributed by atoms with Crippen LogP contribution in [0, 0.1) is 0 Å². The molecule has 0 radical (unpaired) electrons. The van der Waals surface area contributed by atoms with E-state index in [2.05, 4.69) is 77.2 Å². The van der Waals surface area contributed by atoms with Crippen LogP contribution in [0.15, 0.2) is 130 Å². The number of hydrogen-bond acceptors (Lipinski definition) is 5. The zero-order chi connectivity index (χ0) is 29.9. The Balaban J connectivity index is 1.20. The molecular formula is C39H28N4O2. The molecule has 4 aromatic heterocycles. The van der Waals surface area contributed by atoms with Crippen LogP contribution in [0.5, 0.6) is 0 Å². The van der Waals surface area contributed by atoms with Gasteiger partial charge in [-0.15, -0.1) is 0 Å². The molecule has 8 aromatic rings. The van der Waals surface area contributed by atoms with Crippen molar-refractivity contribution < 1.29 is 8.83 Å². The Kier molecular flexibility index (Phi) is 5.75. The van der Waals surface area contributed by atoms with E-state index >= 15 is 0 Å². The Bertz CT molecular complexity index is 2410. The molecule has 0 N–H and O–H groups in total. The first kappa shape index (κ1) is 25.6. The van der Waals surface area contributed by atoms with Crippen LogP contribution in [0.2, 0.25) is 0 Å². The molecule has 6 heteroatoms. The minimum Gasteiger partial charge on any atom is -0.464 e. The van der Waals surface area contributed by atoms with Gasteiger partial charge < -0.3 is 13.4 Å². The first-order valence-corrected chi connectivity index (χ1v) is 15.2. The summed E-state index contributed by atoms with van der Waals surface area (Å²) in [7, 11) is 2.06. The number of pyridine rings is 1. The van der Waals surface area contributed by atoms with E-state index < -0.39 is 0 Å². The SMILES string of the molecule is Cn1c(-c2cccc3oc(N(c4ccccc4)c4ccc5occ(-c6cc7c(cn6)C=CCC7)c5c4)cc23)nc2ccccc21. The van der Waals surface area contributed by atoms with E-state index in [1.807, 2.05) is 67.1 Å². The molecule has 1 aliphatic carbocycles. The van der Waals surface area contributed by atoms with Crippen molar-refractivity contribution in [3.63, 3.8) is 0 Å². The Hall–Kier alpha value is -5.88. The summed E-state index contributed by atoms with van der Waals surface area (Å²) in [5.74, 6) is 1.61. The summed E-state index contributed by atoms with van der Waals surface area (Å²) in [6.07, 6.45) is 10.2. The number of fused-ring (bicyclic) bond motifs is 4. The number of para-hydroxylation sites is 3. The van der Waals surface area contributed by atoms with Gasteiger partial charge in [-0.2, -0.15) is 0 Å². The maximum absolute atomic E-state index is 6.63. The summed E-state index contributed by atoms with van der Waals surface area (Å²) in [5.41, 5.74) is 11.0. The number of furan rings is 2. The molecule has 0 unspecified atom stereocenters. The summed E-state index contributed by atoms with van der Waals surface area (Å²) in [4.78, 5) is 12.0. The topological polar surface area (TPSA) is 60.2 Å². The van der Waals surface area contributed by atoms with Gasteiger partial charge in [0.25, 0.3) is 0 Å². The maximum Gasteiger partial charge on any atom is 0.205 e. The highest BCUT2D eigenvalue weighted by atomic mass is 16.4. The van der Waals surface area contributed by atoms with Crippen molar-refractivity contribution in [3.05, 3.63) is 133 Å². The lowest BCUT2D eigenvalue weighted by atomic mass is 9.97. The van der Waals surface area contributed by atoms with E-state index in [4.69, 9.17) is 18.8 Å². The van der Waals surface area contributed by atoms with Gasteiger partial charge in [-0.05, 0) is 78.6 Å². The number of allylic oxidation sites excluding steroid dienone is 1. The van der Waals surface area contributed by atoms with Crippen LogP contribution >= 0.6 is 0 Å². The summed E-state index contributed by atoms with van der Waals surface area (Å²) in [6, 6.07) is 35.3. The number of nitrogens with zero attached hydrogens (tertiary/aromatic N) is 4. The first-order chi connectivity index (χ1) is 22.2. The highest BCUT2D eigenvalue weighted by molar-refractivity contribution is 5.99. The van der Waals surface area contributed by atoms with Gasteiger partial charge in [-0.1, -0.05) is 54.6 Å². The van der Waals surface area contributed by atoms with E-state index in [0.29, 0.717) is 5.88 Å². The van der Waals surface area contributed by atoms with Gasteiger partial charge in [-0.25, -0.2) is 4.98 Å². The van der Waals surface area contributed by atoms with Crippen molar-refractivity contribution >= 4 is 56.3 Å². The molecule has 9 rings (SSSR count). The van der Waals surface area contributed by atoms with E-state index in [1.165, 1.54) is 11.1 Å². The lowest BCUT2D eigenvalue weighted by Crippen LogP contribution is -2.08. The predicted molar refractivity (Wildman–Crippen MR) is 181 cm³/mol. The van der Waals surface area contributed by atoms with Gasteiger partial charge in [0.2, 0.25) is 5.88 Å². The van der Waals surface area contributed by atoms with Gasteiger partial charge >= 0.3 is 0 Å². The molecule has 0 spiro atoms. The molecule has 45 heavy (non-hydrogen) atoms. The fourth-order valence-corrected chi connectivity index (χ4v) is 6.54. The van der Waals surface area contributed by atoms with Crippen LogP contribution < -0.4 is 4.90 Å². The fourth-order valence-electron chi connectivity index (χ4n) is 6.54. The number of anilines is 3. The molecule has 6 nitrogen and oxygen atoms in total. The minimum absolute atomic E-state index is 0.713. The lowest BCUT2D eigenvalue weighted by molar-refractivity contribution is 0.616. The van der Waals surface area contributed by atoms with Crippen molar-refractivity contribution in [2.75, 3.05) is 4.90 Å². The third-order valence-corrected chi connectivity index (χ3v) is 8.80. The van der Waals surface area contributed by atoms with E-state index in [-0.39, 0.29) is 0 Å². The lowest BCUT2D eigenvalue weighted by Gasteiger charge is -2.22. The normalized spacial score (nSPS) is 12.7. The molecule has 0 fully saturated rings. The van der Waals surface area contributed by atoms with Crippen molar-refractivity contribution in [1.82, 2.24) is 14.5 Å². The monoisotopic (exact) mass is 584 g/mol. The number of benzene rings is 4. The first-order valence-electron chi connectivity index (χ1n) is 15.2. The van der Waals surface area contributed by atoms with Gasteiger partial charge in [0.15, 0.2) is 0 Å². The molecular weight excluding hydrogens is 556 g/mol. The van der Waals surface area contributed by atoms with E-state index in [1.54, 1.807) is 0 Å². The zero-order valence-electron chi connectivity index (χ0n) is 24.6. The van der Waals surface area contributed by atoms with Gasteiger partial charge in [0.1, 0.15) is 23.3 Å². The Morgan fingerprint density at radius 3 is 2.56 bits per heavy atom. The molecule has 0 saturated carbocycles. The second-order valence-electron chi connectivity index (χ2n) is 11.5. The molecule has 4 aromatic carbocycles. The van der Waals surface area contributed by atoms with Crippen LogP contribution in [0.3, 0.4) is 0 Å². The fraction of sp³-hybridized carbons (Fsp3) is 0.0769. The molecule has 0 amide bonds. The highest BCUT2D eigenvalue weighted by Gasteiger charge is 2.22. The molecule has 0 aliphatic heterocycles. The summed E-state index contributed by atoms with van der Waals surface area (Å²) in [6.45, 7) is 0. The number of imidazole rings is 1. The largest absolute Gasteiger partial charge is 0.464 e. The number of rotatable bonds is 5. The average Bonchev–Trinajstić information content (AvgIpc) is 3.80. The molecule has 4 heterocycles. The van der Waals surface area contributed by atoms with Crippen molar-refractivity contribution in [1.29, 1.82) is 0 Å². The van der Waals surface area contributed by atoms with Crippen LogP contribution in [0.25, 0.3) is 61.7 Å². The second kappa shape index (κ2) is 10.1. The quantitative estimate of drug-likeness (QED) is 0.201. The molecule has 1 aliphatic rings.